The zero-order valence-electron chi connectivity index (χ0n) is 7.58. The van der Waals surface area contributed by atoms with Crippen LogP contribution in [0.25, 0.3) is 0 Å². The highest BCUT2D eigenvalue weighted by molar-refractivity contribution is 5.41. The summed E-state index contributed by atoms with van der Waals surface area (Å²) in [6, 6.07) is 4.02. The van der Waals surface area contributed by atoms with Crippen molar-refractivity contribution in [2.75, 3.05) is 0 Å². The summed E-state index contributed by atoms with van der Waals surface area (Å²) in [7, 11) is 0. The molecule has 0 aromatic carbocycles. The minimum atomic E-state index is 0.386. The van der Waals surface area contributed by atoms with Gasteiger partial charge in [-0.05, 0) is 49.5 Å². The van der Waals surface area contributed by atoms with E-state index in [1.165, 1.54) is 19.3 Å². The molecule has 0 spiro atoms. The van der Waals surface area contributed by atoms with E-state index in [9.17, 15) is 0 Å². The summed E-state index contributed by atoms with van der Waals surface area (Å²) in [4.78, 5) is 0. The van der Waals surface area contributed by atoms with Gasteiger partial charge in [0.25, 0.3) is 0 Å². The second-order valence-corrected chi connectivity index (χ2v) is 4.16. The maximum absolute atomic E-state index is 8.74. The van der Waals surface area contributed by atoms with Gasteiger partial charge in [0.2, 0.25) is 0 Å². The van der Waals surface area contributed by atoms with Crippen molar-refractivity contribution in [2.24, 2.45) is 11.8 Å². The second-order valence-electron chi connectivity index (χ2n) is 4.16. The molecule has 2 saturated carbocycles. The van der Waals surface area contributed by atoms with Gasteiger partial charge in [0.15, 0.2) is 0 Å². The maximum atomic E-state index is 8.74. The third kappa shape index (κ3) is 1.45. The van der Waals surface area contributed by atoms with Crippen molar-refractivity contribution in [3.05, 3.63) is 11.1 Å². The minimum absolute atomic E-state index is 0.386. The van der Waals surface area contributed by atoms with Crippen LogP contribution in [0.4, 0.5) is 0 Å². The zero-order chi connectivity index (χ0) is 9.26. The molecule has 0 N–H and O–H groups in total. The molecule has 2 bridgehead atoms. The first-order chi connectivity index (χ1) is 6.33. The molecule has 2 fully saturated rings. The van der Waals surface area contributed by atoms with Crippen LogP contribution < -0.4 is 0 Å². The largest absolute Gasteiger partial charge is 0.192 e. The van der Waals surface area contributed by atoms with Gasteiger partial charge in [0.05, 0.1) is 0 Å². The Hall–Kier alpha value is -1.28. The van der Waals surface area contributed by atoms with Crippen LogP contribution in [0, 0.1) is 34.5 Å². The summed E-state index contributed by atoms with van der Waals surface area (Å²) in [6.07, 6.45) is 5.95. The topological polar surface area (TPSA) is 47.6 Å². The molecule has 2 heteroatoms. The number of fused-ring (bicyclic) bond motifs is 2. The van der Waals surface area contributed by atoms with Gasteiger partial charge in [-0.1, -0.05) is 0 Å². The summed E-state index contributed by atoms with van der Waals surface area (Å²) in [6.45, 7) is 0. The van der Waals surface area contributed by atoms with Crippen molar-refractivity contribution >= 4 is 0 Å². The fourth-order valence-corrected chi connectivity index (χ4v) is 2.72. The zero-order valence-corrected chi connectivity index (χ0v) is 7.58. The van der Waals surface area contributed by atoms with E-state index < -0.39 is 0 Å². The third-order valence-electron chi connectivity index (χ3n) is 3.30. The summed E-state index contributed by atoms with van der Waals surface area (Å²) >= 11 is 0. The van der Waals surface area contributed by atoms with Crippen LogP contribution in [0.5, 0.6) is 0 Å². The van der Waals surface area contributed by atoms with Crippen LogP contribution in [0.15, 0.2) is 11.1 Å². The van der Waals surface area contributed by atoms with E-state index in [4.69, 9.17) is 10.5 Å². The fraction of sp³-hybridized carbons (Fsp3) is 0.636. The molecular weight excluding hydrogens is 160 g/mol. The van der Waals surface area contributed by atoms with E-state index in [0.29, 0.717) is 5.57 Å². The van der Waals surface area contributed by atoms with E-state index in [0.717, 1.165) is 30.3 Å². The molecule has 2 unspecified atom stereocenters. The van der Waals surface area contributed by atoms with Crippen molar-refractivity contribution < 1.29 is 0 Å². The molecule has 0 amide bonds. The van der Waals surface area contributed by atoms with E-state index in [2.05, 4.69) is 0 Å². The fourth-order valence-electron chi connectivity index (χ4n) is 2.72. The van der Waals surface area contributed by atoms with Crippen LogP contribution >= 0.6 is 0 Å². The van der Waals surface area contributed by atoms with Gasteiger partial charge >= 0.3 is 0 Å². The Kier molecular flexibility index (Phi) is 2.07. The van der Waals surface area contributed by atoms with Crippen LogP contribution in [0.1, 0.15) is 32.1 Å². The highest BCUT2D eigenvalue weighted by Gasteiger charge is 2.32. The molecule has 2 nitrogen and oxygen atoms in total. The number of rotatable bonds is 0. The molecule has 2 rings (SSSR count). The number of hydrogen-bond acceptors (Lipinski definition) is 2. The van der Waals surface area contributed by atoms with Gasteiger partial charge in [-0.3, -0.25) is 0 Å². The van der Waals surface area contributed by atoms with E-state index >= 15 is 0 Å². The molecule has 0 saturated heterocycles. The molecule has 2 aliphatic rings. The molecule has 0 heterocycles. The molecule has 66 valence electrons. The number of nitriles is 2. The second kappa shape index (κ2) is 3.23. The molecule has 13 heavy (non-hydrogen) atoms. The van der Waals surface area contributed by atoms with Crippen LogP contribution in [0.2, 0.25) is 0 Å². The molecule has 0 aromatic heterocycles. The molecule has 2 atom stereocenters. The number of allylic oxidation sites excluding steroid dienone is 2. The highest BCUT2D eigenvalue weighted by Crippen LogP contribution is 2.45. The Morgan fingerprint density at radius 2 is 1.62 bits per heavy atom. The Bertz CT molecular complexity index is 297. The minimum Gasteiger partial charge on any atom is -0.192 e. The predicted molar refractivity (Wildman–Crippen MR) is 48.3 cm³/mol. The molecular formula is C11H12N2. The Morgan fingerprint density at radius 3 is 2.08 bits per heavy atom. The van der Waals surface area contributed by atoms with Crippen molar-refractivity contribution in [3.8, 4) is 12.1 Å². The lowest BCUT2D eigenvalue weighted by Gasteiger charge is -2.21. The first-order valence-corrected chi connectivity index (χ1v) is 4.85. The SMILES string of the molecule is N#CC(C#N)=C1CC2CCC(C1)C2. The van der Waals surface area contributed by atoms with Crippen molar-refractivity contribution in [1.82, 2.24) is 0 Å². The lowest BCUT2D eigenvalue weighted by atomic mass is 9.83. The average Bonchev–Trinajstić information content (AvgIpc) is 2.48. The lowest BCUT2D eigenvalue weighted by Crippen LogP contribution is -2.09. The first kappa shape index (κ1) is 8.32. The Balaban J connectivity index is 2.24. The Morgan fingerprint density at radius 1 is 1.08 bits per heavy atom. The highest BCUT2D eigenvalue weighted by atomic mass is 14.4. The summed E-state index contributed by atoms with van der Waals surface area (Å²) in [5, 5.41) is 17.5. The van der Waals surface area contributed by atoms with Crippen LogP contribution in [-0.4, -0.2) is 0 Å². The summed E-state index contributed by atoms with van der Waals surface area (Å²) in [5.74, 6) is 1.54. The quantitative estimate of drug-likeness (QED) is 0.527. The Labute approximate surface area is 78.5 Å². The maximum Gasteiger partial charge on any atom is 0.128 e. The van der Waals surface area contributed by atoms with E-state index in [1.54, 1.807) is 0 Å². The summed E-state index contributed by atoms with van der Waals surface area (Å²) < 4.78 is 0. The van der Waals surface area contributed by atoms with Gasteiger partial charge in [0.1, 0.15) is 17.7 Å². The average molecular weight is 172 g/mol. The monoisotopic (exact) mass is 172 g/mol. The number of nitrogens with zero attached hydrogens (tertiary/aromatic N) is 2. The van der Waals surface area contributed by atoms with E-state index in [-0.39, 0.29) is 0 Å². The van der Waals surface area contributed by atoms with Crippen molar-refractivity contribution in [1.29, 1.82) is 10.5 Å². The van der Waals surface area contributed by atoms with Gasteiger partial charge in [0, 0.05) is 0 Å². The predicted octanol–water partition coefficient (Wildman–Crippen LogP) is 2.54. The van der Waals surface area contributed by atoms with Gasteiger partial charge < -0.3 is 0 Å². The molecule has 0 radical (unpaired) electrons. The van der Waals surface area contributed by atoms with Crippen LogP contribution in [0.3, 0.4) is 0 Å². The molecule has 2 aliphatic carbocycles. The van der Waals surface area contributed by atoms with Gasteiger partial charge in [-0.25, -0.2) is 0 Å². The smallest absolute Gasteiger partial charge is 0.128 e. The summed E-state index contributed by atoms with van der Waals surface area (Å²) in [5.41, 5.74) is 1.51. The van der Waals surface area contributed by atoms with Gasteiger partial charge in [-0.15, -0.1) is 0 Å². The van der Waals surface area contributed by atoms with E-state index in [1.807, 2.05) is 12.1 Å². The lowest BCUT2D eigenvalue weighted by molar-refractivity contribution is 0.426. The first-order valence-electron chi connectivity index (χ1n) is 4.85. The van der Waals surface area contributed by atoms with Crippen LogP contribution in [-0.2, 0) is 0 Å². The number of hydrogen-bond donors (Lipinski definition) is 0. The standard InChI is InChI=1S/C11H12N2/c12-6-11(7-13)10-4-8-1-2-9(3-8)5-10/h8-9H,1-5H2. The van der Waals surface area contributed by atoms with Crippen molar-refractivity contribution in [3.63, 3.8) is 0 Å². The van der Waals surface area contributed by atoms with Crippen molar-refractivity contribution in [2.45, 2.75) is 32.1 Å². The third-order valence-corrected chi connectivity index (χ3v) is 3.30. The molecule has 0 aromatic rings. The normalized spacial score (nSPS) is 30.8. The van der Waals surface area contributed by atoms with Gasteiger partial charge in [-0.2, -0.15) is 10.5 Å². The molecule has 0 aliphatic heterocycles.